The van der Waals surface area contributed by atoms with Crippen LogP contribution in [0.15, 0.2) is 16.9 Å². The molecule has 0 unspecified atom stereocenters. The zero-order valence-electron chi connectivity index (χ0n) is 6.32. The van der Waals surface area contributed by atoms with E-state index in [1.165, 1.54) is 6.26 Å². The van der Waals surface area contributed by atoms with Crippen LogP contribution in [0.3, 0.4) is 0 Å². The highest BCUT2D eigenvalue weighted by molar-refractivity contribution is 5.68. The molecule has 6 heteroatoms. The van der Waals surface area contributed by atoms with Crippen LogP contribution in [-0.4, -0.2) is 24.4 Å². The fourth-order valence-electron chi connectivity index (χ4n) is 0.570. The van der Waals surface area contributed by atoms with E-state index < -0.39 is 0 Å². The first kappa shape index (κ1) is 8.38. The van der Waals surface area contributed by atoms with Gasteiger partial charge >= 0.3 is 6.09 Å². The second kappa shape index (κ2) is 4.22. The van der Waals surface area contributed by atoms with E-state index in [9.17, 15) is 4.79 Å². The summed E-state index contributed by atoms with van der Waals surface area (Å²) in [5.74, 6) is 0.426. The Morgan fingerprint density at radius 3 is 2.67 bits per heavy atom. The number of nitrogens with two attached hydrogens (primary N) is 1. The van der Waals surface area contributed by atoms with Gasteiger partial charge in [-0.2, -0.15) is 0 Å². The highest BCUT2D eigenvalue weighted by Gasteiger charge is 2.06. The number of anilines is 1. The van der Waals surface area contributed by atoms with Gasteiger partial charge in [-0.15, -0.1) is 0 Å². The van der Waals surface area contributed by atoms with E-state index in [1.807, 2.05) is 0 Å². The molecule has 3 N–H and O–H groups in total. The molecule has 1 aliphatic heterocycles. The van der Waals surface area contributed by atoms with Gasteiger partial charge < -0.3 is 20.3 Å². The molecule has 0 spiro atoms. The van der Waals surface area contributed by atoms with E-state index in [-0.39, 0.29) is 6.09 Å². The van der Waals surface area contributed by atoms with Gasteiger partial charge in [0.05, 0.1) is 6.54 Å². The topological polar surface area (TPSA) is 90.4 Å². The molecule has 6 nitrogen and oxygen atoms in total. The van der Waals surface area contributed by atoms with Crippen LogP contribution in [0.25, 0.3) is 0 Å². The summed E-state index contributed by atoms with van der Waals surface area (Å²) >= 11 is 0. The second-order valence-electron chi connectivity index (χ2n) is 1.99. The molecule has 12 heavy (non-hydrogen) atoms. The lowest BCUT2D eigenvalue weighted by atomic mass is 10.7. The number of nitrogen functional groups attached to an aromatic ring is 1. The normalized spacial score (nSPS) is 14.2. The van der Waals surface area contributed by atoms with Crippen LogP contribution in [0.2, 0.25) is 0 Å². The Morgan fingerprint density at radius 1 is 1.67 bits per heavy atom. The highest BCUT2D eigenvalue weighted by Crippen LogP contribution is 1.90. The van der Waals surface area contributed by atoms with Crippen LogP contribution in [0.5, 0.6) is 0 Å². The van der Waals surface area contributed by atoms with Gasteiger partial charge in [0.1, 0.15) is 12.9 Å². The molecule has 0 saturated carbocycles. The fraction of sp³-hybridized carbons (Fsp3) is 0.333. The average molecular weight is 171 g/mol. The molecule has 0 aromatic carbocycles. The number of alkyl carbamates (subject to hydrolysis) is 1. The standard InChI is InChI=1S/C3H4N2O.C3H5NO2/c4-3-1-2-6-5-3;5-3-4-1-2-6-3/h1-2H,(H2,4,5);1-2H2,(H,4,5). The molecule has 2 rings (SSSR count). The number of hydrogen-bond donors (Lipinski definition) is 2. The van der Waals surface area contributed by atoms with Gasteiger partial charge in [-0.25, -0.2) is 4.79 Å². The van der Waals surface area contributed by atoms with Gasteiger partial charge in [0.2, 0.25) is 0 Å². The van der Waals surface area contributed by atoms with Gasteiger partial charge in [0, 0.05) is 6.07 Å². The maximum Gasteiger partial charge on any atom is 0.407 e. The van der Waals surface area contributed by atoms with Crippen LogP contribution >= 0.6 is 0 Å². The Hall–Kier alpha value is -1.72. The van der Waals surface area contributed by atoms with E-state index in [2.05, 4.69) is 19.7 Å². The van der Waals surface area contributed by atoms with Crippen molar-refractivity contribution in [2.75, 3.05) is 18.9 Å². The maximum atomic E-state index is 9.91. The number of nitrogens with zero attached hydrogens (tertiary/aromatic N) is 1. The predicted molar refractivity (Wildman–Crippen MR) is 40.3 cm³/mol. The third kappa shape index (κ3) is 2.91. The molecule has 0 atom stereocenters. The molecule has 0 bridgehead atoms. The first-order chi connectivity index (χ1) is 5.79. The number of nitrogens with one attached hydrogen (secondary N) is 1. The van der Waals surface area contributed by atoms with Crippen molar-refractivity contribution < 1.29 is 14.1 Å². The number of aromatic nitrogens is 1. The Labute approximate surface area is 68.7 Å². The molecular weight excluding hydrogens is 162 g/mol. The van der Waals surface area contributed by atoms with Crippen LogP contribution in [0, 0.1) is 0 Å². The monoisotopic (exact) mass is 171 g/mol. The quantitative estimate of drug-likeness (QED) is 0.572. The van der Waals surface area contributed by atoms with Gasteiger partial charge in [0.25, 0.3) is 0 Å². The average Bonchev–Trinajstić information content (AvgIpc) is 2.63. The number of hydrogen-bond acceptors (Lipinski definition) is 5. The minimum absolute atomic E-state index is 0.296. The Kier molecular flexibility index (Phi) is 2.95. The molecule has 1 amide bonds. The highest BCUT2D eigenvalue weighted by atomic mass is 16.6. The van der Waals surface area contributed by atoms with Crippen molar-refractivity contribution in [2.24, 2.45) is 0 Å². The lowest BCUT2D eigenvalue weighted by molar-refractivity contribution is 0.178. The second-order valence-corrected chi connectivity index (χ2v) is 1.99. The summed E-state index contributed by atoms with van der Waals surface area (Å²) < 4.78 is 8.74. The summed E-state index contributed by atoms with van der Waals surface area (Å²) in [5, 5.41) is 5.78. The van der Waals surface area contributed by atoms with Gasteiger partial charge in [-0.05, 0) is 0 Å². The van der Waals surface area contributed by atoms with Gasteiger partial charge in [0.15, 0.2) is 5.82 Å². The summed E-state index contributed by atoms with van der Waals surface area (Å²) in [6, 6.07) is 1.58. The first-order valence-corrected chi connectivity index (χ1v) is 3.35. The molecular formula is C6H9N3O3. The van der Waals surface area contributed by atoms with Gasteiger partial charge in [-0.1, -0.05) is 5.16 Å². The summed E-state index contributed by atoms with van der Waals surface area (Å²) in [7, 11) is 0. The third-order valence-corrected chi connectivity index (χ3v) is 1.06. The first-order valence-electron chi connectivity index (χ1n) is 3.35. The molecule has 0 radical (unpaired) electrons. The smallest absolute Gasteiger partial charge is 0.407 e. The van der Waals surface area contributed by atoms with Crippen molar-refractivity contribution in [3.63, 3.8) is 0 Å². The molecule has 2 heterocycles. The lowest BCUT2D eigenvalue weighted by Gasteiger charge is -1.80. The maximum absolute atomic E-state index is 9.91. The van der Waals surface area contributed by atoms with Crippen LogP contribution < -0.4 is 11.1 Å². The molecule has 66 valence electrons. The number of rotatable bonds is 0. The number of carbonyl (C=O) groups is 1. The molecule has 1 aromatic heterocycles. The van der Waals surface area contributed by atoms with Crippen LogP contribution in [0.1, 0.15) is 0 Å². The lowest BCUT2D eigenvalue weighted by Crippen LogP contribution is -2.11. The summed E-state index contributed by atoms with van der Waals surface area (Å²) in [6.45, 7) is 1.19. The third-order valence-electron chi connectivity index (χ3n) is 1.06. The van der Waals surface area contributed by atoms with Crippen molar-refractivity contribution in [3.8, 4) is 0 Å². The largest absolute Gasteiger partial charge is 0.448 e. The van der Waals surface area contributed by atoms with Crippen molar-refractivity contribution in [2.45, 2.75) is 0 Å². The predicted octanol–water partition coefficient (Wildman–Crippen LogP) is -0.0170. The molecule has 1 fully saturated rings. The van der Waals surface area contributed by atoms with E-state index in [0.717, 1.165) is 0 Å². The van der Waals surface area contributed by atoms with Gasteiger partial charge in [-0.3, -0.25) is 0 Å². The van der Waals surface area contributed by atoms with E-state index >= 15 is 0 Å². The van der Waals surface area contributed by atoms with Crippen molar-refractivity contribution in [1.82, 2.24) is 10.5 Å². The van der Waals surface area contributed by atoms with E-state index in [4.69, 9.17) is 5.73 Å². The number of ether oxygens (including phenoxy) is 1. The number of amides is 1. The molecule has 1 aliphatic rings. The minimum atomic E-state index is -0.296. The molecule has 1 aromatic rings. The van der Waals surface area contributed by atoms with Crippen molar-refractivity contribution >= 4 is 11.9 Å². The summed E-state index contributed by atoms with van der Waals surface area (Å²) in [5.41, 5.74) is 5.07. The van der Waals surface area contributed by atoms with Crippen LogP contribution in [0.4, 0.5) is 10.6 Å². The molecule has 1 saturated heterocycles. The van der Waals surface area contributed by atoms with E-state index in [1.54, 1.807) is 6.07 Å². The van der Waals surface area contributed by atoms with Crippen molar-refractivity contribution in [1.29, 1.82) is 0 Å². The molecule has 0 aliphatic carbocycles. The SMILES string of the molecule is Nc1ccon1.O=C1NCCO1. The zero-order valence-corrected chi connectivity index (χ0v) is 6.32. The zero-order chi connectivity index (χ0) is 8.81. The summed E-state index contributed by atoms with van der Waals surface area (Å²) in [6.07, 6.45) is 1.13. The Bertz CT molecular complexity index is 226. The minimum Gasteiger partial charge on any atom is -0.448 e. The fourth-order valence-corrected chi connectivity index (χ4v) is 0.570. The number of cyclic esters (lactones) is 1. The summed E-state index contributed by atoms with van der Waals surface area (Å²) in [4.78, 5) is 9.91. The van der Waals surface area contributed by atoms with Crippen LogP contribution in [-0.2, 0) is 4.74 Å². The number of carbonyl (C=O) groups excluding carboxylic acids is 1. The van der Waals surface area contributed by atoms with E-state index in [0.29, 0.717) is 19.0 Å². The Balaban J connectivity index is 0.000000120. The Morgan fingerprint density at radius 2 is 2.50 bits per heavy atom. The van der Waals surface area contributed by atoms with Crippen molar-refractivity contribution in [3.05, 3.63) is 12.3 Å².